The molecule has 0 radical (unpaired) electrons. The maximum absolute atomic E-state index is 12.9. The first-order valence-corrected chi connectivity index (χ1v) is 12.6. The molecule has 1 amide bonds. The summed E-state index contributed by atoms with van der Waals surface area (Å²) in [6.07, 6.45) is 1.04. The zero-order valence-corrected chi connectivity index (χ0v) is 21.4. The van der Waals surface area contributed by atoms with Crippen molar-refractivity contribution >= 4 is 27.3 Å². The van der Waals surface area contributed by atoms with Gasteiger partial charge in [-0.05, 0) is 48.5 Å². The quantitative estimate of drug-likeness (QED) is 0.393. The van der Waals surface area contributed by atoms with Gasteiger partial charge in [0, 0.05) is 22.9 Å². The number of anilines is 2. The Kier molecular flexibility index (Phi) is 8.49. The highest BCUT2D eigenvalue weighted by molar-refractivity contribution is 7.92. The molecule has 0 spiro atoms. The van der Waals surface area contributed by atoms with Crippen molar-refractivity contribution in [1.29, 1.82) is 0 Å². The fourth-order valence-electron chi connectivity index (χ4n) is 3.33. The normalized spacial score (nSPS) is 10.8. The Labute approximate surface area is 210 Å². The second kappa shape index (κ2) is 11.5. The van der Waals surface area contributed by atoms with E-state index in [2.05, 4.69) is 10.0 Å². The molecule has 3 rings (SSSR count). The summed E-state index contributed by atoms with van der Waals surface area (Å²) in [6, 6.07) is 14.6. The number of hydrogen-bond donors (Lipinski definition) is 2. The predicted octanol–water partition coefficient (Wildman–Crippen LogP) is 3.92. The third-order valence-corrected chi connectivity index (χ3v) is 5.64. The van der Waals surface area contributed by atoms with E-state index in [1.165, 1.54) is 33.5 Å². The molecule has 0 fully saturated rings. The van der Waals surface area contributed by atoms with Gasteiger partial charge in [-0.3, -0.25) is 9.52 Å². The van der Waals surface area contributed by atoms with Gasteiger partial charge in [-0.1, -0.05) is 0 Å². The number of ether oxygens (including phenoxy) is 5. The summed E-state index contributed by atoms with van der Waals surface area (Å²) in [5, 5.41) is 2.78. The molecule has 10 nitrogen and oxygen atoms in total. The number of benzene rings is 3. The SMILES string of the molecule is COc1ccc(OC)c(COc2cc(NC(=O)c3ccc(OC)c(OC)c3)ccc2NS(C)(=O)=O)c1. The highest BCUT2D eigenvalue weighted by Crippen LogP contribution is 2.33. The molecule has 0 aliphatic heterocycles. The Hall–Kier alpha value is -4.12. The van der Waals surface area contributed by atoms with Crippen LogP contribution in [0.5, 0.6) is 28.7 Å². The van der Waals surface area contributed by atoms with Crippen LogP contribution < -0.4 is 33.7 Å². The van der Waals surface area contributed by atoms with E-state index in [-0.39, 0.29) is 18.0 Å². The standard InChI is InChI=1S/C25H28N2O8S/c1-31-19-8-11-21(32-2)17(12-19)15-35-23-14-18(7-9-20(23)27-36(5,29)30)26-25(28)16-6-10-22(33-3)24(13-16)34-4/h6-14,27H,15H2,1-5H3,(H,26,28). The van der Waals surface area contributed by atoms with Gasteiger partial charge in [-0.2, -0.15) is 0 Å². The van der Waals surface area contributed by atoms with Crippen LogP contribution in [-0.2, 0) is 16.6 Å². The van der Waals surface area contributed by atoms with Crippen molar-refractivity contribution in [3.05, 3.63) is 65.7 Å². The Morgan fingerprint density at radius 1 is 0.778 bits per heavy atom. The van der Waals surface area contributed by atoms with Crippen molar-refractivity contribution < 1.29 is 36.9 Å². The first kappa shape index (κ1) is 26.5. The van der Waals surface area contributed by atoms with Gasteiger partial charge >= 0.3 is 0 Å². The predicted molar refractivity (Wildman–Crippen MR) is 136 cm³/mol. The lowest BCUT2D eigenvalue weighted by Crippen LogP contribution is -2.14. The van der Waals surface area contributed by atoms with Crippen molar-refractivity contribution in [2.75, 3.05) is 44.7 Å². The van der Waals surface area contributed by atoms with Gasteiger partial charge < -0.3 is 29.0 Å². The van der Waals surface area contributed by atoms with Gasteiger partial charge in [0.25, 0.3) is 5.91 Å². The minimum atomic E-state index is -3.59. The molecule has 192 valence electrons. The van der Waals surface area contributed by atoms with Crippen LogP contribution in [0.25, 0.3) is 0 Å². The summed E-state index contributed by atoms with van der Waals surface area (Å²) < 4.78 is 53.2. The molecular weight excluding hydrogens is 488 g/mol. The Balaban J connectivity index is 1.88. The molecule has 0 atom stereocenters. The number of carbonyl (C=O) groups excluding carboxylic acids is 1. The summed E-state index contributed by atoms with van der Waals surface area (Å²) in [5.41, 5.74) is 1.63. The van der Waals surface area contributed by atoms with Crippen LogP contribution in [0.4, 0.5) is 11.4 Å². The van der Waals surface area contributed by atoms with E-state index in [1.807, 2.05) is 0 Å². The van der Waals surface area contributed by atoms with E-state index in [4.69, 9.17) is 23.7 Å². The Morgan fingerprint density at radius 2 is 1.47 bits per heavy atom. The first-order valence-electron chi connectivity index (χ1n) is 10.7. The highest BCUT2D eigenvalue weighted by Gasteiger charge is 2.15. The van der Waals surface area contributed by atoms with Crippen LogP contribution >= 0.6 is 0 Å². The smallest absolute Gasteiger partial charge is 0.255 e. The van der Waals surface area contributed by atoms with Gasteiger partial charge in [0.15, 0.2) is 11.5 Å². The summed E-state index contributed by atoms with van der Waals surface area (Å²) in [7, 11) is 2.48. The Morgan fingerprint density at radius 3 is 2.11 bits per heavy atom. The molecule has 0 heterocycles. The number of carbonyl (C=O) groups is 1. The lowest BCUT2D eigenvalue weighted by atomic mass is 10.1. The number of hydrogen-bond acceptors (Lipinski definition) is 8. The lowest BCUT2D eigenvalue weighted by molar-refractivity contribution is 0.102. The second-order valence-corrected chi connectivity index (χ2v) is 9.32. The van der Waals surface area contributed by atoms with E-state index in [0.717, 1.165) is 6.26 Å². The first-order chi connectivity index (χ1) is 17.2. The molecule has 0 aliphatic carbocycles. The largest absolute Gasteiger partial charge is 0.497 e. The van der Waals surface area contributed by atoms with Crippen LogP contribution in [0.3, 0.4) is 0 Å². The van der Waals surface area contributed by atoms with Crippen LogP contribution in [0.15, 0.2) is 54.6 Å². The lowest BCUT2D eigenvalue weighted by Gasteiger charge is -2.16. The second-order valence-electron chi connectivity index (χ2n) is 7.58. The van der Waals surface area contributed by atoms with E-state index in [9.17, 15) is 13.2 Å². The van der Waals surface area contributed by atoms with E-state index >= 15 is 0 Å². The number of methoxy groups -OCH3 is 4. The minimum Gasteiger partial charge on any atom is -0.497 e. The van der Waals surface area contributed by atoms with Crippen molar-refractivity contribution in [2.24, 2.45) is 0 Å². The van der Waals surface area contributed by atoms with E-state index in [0.29, 0.717) is 39.8 Å². The molecule has 3 aromatic rings. The fourth-order valence-corrected chi connectivity index (χ4v) is 3.90. The van der Waals surface area contributed by atoms with Crippen molar-refractivity contribution in [3.63, 3.8) is 0 Å². The van der Waals surface area contributed by atoms with Gasteiger partial charge in [-0.25, -0.2) is 8.42 Å². The molecule has 0 unspecified atom stereocenters. The average molecular weight is 517 g/mol. The van der Waals surface area contributed by atoms with Crippen LogP contribution in [-0.4, -0.2) is 49.0 Å². The molecule has 3 aromatic carbocycles. The van der Waals surface area contributed by atoms with E-state index < -0.39 is 15.9 Å². The molecule has 36 heavy (non-hydrogen) atoms. The topological polar surface area (TPSA) is 121 Å². The maximum atomic E-state index is 12.9. The van der Waals surface area contributed by atoms with Gasteiger partial charge in [-0.15, -0.1) is 0 Å². The molecular formula is C25H28N2O8S. The molecule has 2 N–H and O–H groups in total. The highest BCUT2D eigenvalue weighted by atomic mass is 32.2. The van der Waals surface area contributed by atoms with E-state index in [1.54, 1.807) is 49.6 Å². The third-order valence-electron chi connectivity index (χ3n) is 5.05. The van der Waals surface area contributed by atoms with Crippen molar-refractivity contribution in [2.45, 2.75) is 6.61 Å². The van der Waals surface area contributed by atoms with Crippen LogP contribution in [0, 0.1) is 0 Å². The summed E-state index contributed by atoms with van der Waals surface area (Å²) in [4.78, 5) is 12.9. The number of amides is 1. The fraction of sp³-hybridized carbons (Fsp3) is 0.240. The summed E-state index contributed by atoms with van der Waals surface area (Å²) in [5.74, 6) is 1.89. The zero-order valence-electron chi connectivity index (χ0n) is 20.6. The summed E-state index contributed by atoms with van der Waals surface area (Å²) >= 11 is 0. The Bertz CT molecular complexity index is 1340. The number of nitrogens with one attached hydrogen (secondary N) is 2. The molecule has 0 saturated carbocycles. The molecule has 0 aromatic heterocycles. The molecule has 11 heteroatoms. The van der Waals surface area contributed by atoms with Gasteiger partial charge in [0.1, 0.15) is 23.9 Å². The molecule has 0 saturated heterocycles. The van der Waals surface area contributed by atoms with Crippen LogP contribution in [0.2, 0.25) is 0 Å². The average Bonchev–Trinajstić information content (AvgIpc) is 2.87. The third kappa shape index (κ3) is 6.72. The minimum absolute atomic E-state index is 0.0475. The summed E-state index contributed by atoms with van der Waals surface area (Å²) in [6.45, 7) is 0.0475. The number of rotatable bonds is 11. The zero-order chi connectivity index (χ0) is 26.3. The number of sulfonamides is 1. The van der Waals surface area contributed by atoms with Gasteiger partial charge in [0.05, 0.1) is 40.4 Å². The van der Waals surface area contributed by atoms with Crippen molar-refractivity contribution in [3.8, 4) is 28.7 Å². The van der Waals surface area contributed by atoms with Crippen molar-refractivity contribution in [1.82, 2.24) is 0 Å². The maximum Gasteiger partial charge on any atom is 0.255 e. The molecule has 0 bridgehead atoms. The monoisotopic (exact) mass is 516 g/mol. The molecule has 0 aliphatic rings. The van der Waals surface area contributed by atoms with Crippen LogP contribution in [0.1, 0.15) is 15.9 Å². The van der Waals surface area contributed by atoms with Gasteiger partial charge in [0.2, 0.25) is 10.0 Å².